The summed E-state index contributed by atoms with van der Waals surface area (Å²) in [4.78, 5) is 12.4. The lowest BCUT2D eigenvalue weighted by atomic mass is 10.1. The second kappa shape index (κ2) is 7.73. The highest BCUT2D eigenvalue weighted by Gasteiger charge is 2.10. The van der Waals surface area contributed by atoms with Crippen LogP contribution in [-0.2, 0) is 6.54 Å². The number of carbonyl (C=O) groups is 1. The van der Waals surface area contributed by atoms with Crippen molar-refractivity contribution in [1.82, 2.24) is 5.32 Å². The van der Waals surface area contributed by atoms with Gasteiger partial charge in [-0.1, -0.05) is 57.0 Å². The molecular weight excluding hydrogens is 396 g/mol. The largest absolute Gasteiger partial charge is 0.322 e. The minimum Gasteiger partial charge on any atom is -0.322 e. The molecule has 0 radical (unpaired) electrons. The van der Waals surface area contributed by atoms with Crippen LogP contribution in [0.15, 0.2) is 51.4 Å². The summed E-state index contributed by atoms with van der Waals surface area (Å²) in [5.74, 6) is -0.124. The van der Waals surface area contributed by atoms with Crippen molar-refractivity contribution in [2.75, 3.05) is 11.9 Å². The van der Waals surface area contributed by atoms with Gasteiger partial charge in [0.05, 0.1) is 0 Å². The van der Waals surface area contributed by atoms with Crippen LogP contribution in [0, 0.1) is 0 Å². The van der Waals surface area contributed by atoms with E-state index < -0.39 is 0 Å². The third-order valence-corrected chi connectivity index (χ3v) is 3.87. The normalized spacial score (nSPS) is 10.4. The summed E-state index contributed by atoms with van der Waals surface area (Å²) >= 11 is 6.79. The number of para-hydroxylation sites is 1. The van der Waals surface area contributed by atoms with Gasteiger partial charge in [-0.3, -0.25) is 4.79 Å². The molecule has 110 valence electrons. The zero-order valence-corrected chi connectivity index (χ0v) is 14.8. The second-order valence-electron chi connectivity index (χ2n) is 4.55. The smallest absolute Gasteiger partial charge is 0.255 e. The SMILES string of the molecule is CCNCc1ccccc1NC(=O)c1cc(Br)cc(Br)c1. The van der Waals surface area contributed by atoms with Gasteiger partial charge < -0.3 is 10.6 Å². The molecule has 1 amide bonds. The zero-order valence-electron chi connectivity index (χ0n) is 11.6. The van der Waals surface area contributed by atoms with Crippen molar-refractivity contribution in [2.45, 2.75) is 13.5 Å². The van der Waals surface area contributed by atoms with E-state index in [0.29, 0.717) is 5.56 Å². The summed E-state index contributed by atoms with van der Waals surface area (Å²) in [7, 11) is 0. The molecule has 21 heavy (non-hydrogen) atoms. The third-order valence-electron chi connectivity index (χ3n) is 2.96. The Morgan fingerprint density at radius 1 is 1.10 bits per heavy atom. The van der Waals surface area contributed by atoms with Crippen molar-refractivity contribution in [3.8, 4) is 0 Å². The number of benzene rings is 2. The summed E-state index contributed by atoms with van der Waals surface area (Å²) < 4.78 is 1.73. The van der Waals surface area contributed by atoms with Gasteiger partial charge in [-0.15, -0.1) is 0 Å². The predicted molar refractivity (Wildman–Crippen MR) is 93.6 cm³/mol. The van der Waals surface area contributed by atoms with Crippen LogP contribution in [0.25, 0.3) is 0 Å². The van der Waals surface area contributed by atoms with Gasteiger partial charge in [0.15, 0.2) is 0 Å². The molecule has 0 saturated heterocycles. The Hall–Kier alpha value is -1.17. The standard InChI is InChI=1S/C16H16Br2N2O/c1-2-19-10-11-5-3-4-6-15(11)20-16(21)12-7-13(17)9-14(18)8-12/h3-9,19H,2,10H2,1H3,(H,20,21). The van der Waals surface area contributed by atoms with E-state index in [4.69, 9.17) is 0 Å². The number of amides is 1. The maximum absolute atomic E-state index is 12.4. The number of anilines is 1. The molecule has 2 aromatic carbocycles. The molecule has 5 heteroatoms. The first-order valence-corrected chi connectivity index (χ1v) is 8.25. The number of rotatable bonds is 5. The fourth-order valence-corrected chi connectivity index (χ4v) is 3.23. The second-order valence-corrected chi connectivity index (χ2v) is 6.38. The van der Waals surface area contributed by atoms with Crippen LogP contribution in [-0.4, -0.2) is 12.5 Å². The van der Waals surface area contributed by atoms with Gasteiger partial charge in [0.2, 0.25) is 0 Å². The van der Waals surface area contributed by atoms with Crippen LogP contribution in [0.4, 0.5) is 5.69 Å². The topological polar surface area (TPSA) is 41.1 Å². The molecule has 0 bridgehead atoms. The maximum Gasteiger partial charge on any atom is 0.255 e. The summed E-state index contributed by atoms with van der Waals surface area (Å²) in [6.07, 6.45) is 0. The van der Waals surface area contributed by atoms with Crippen LogP contribution in [0.2, 0.25) is 0 Å². The summed E-state index contributed by atoms with van der Waals surface area (Å²) in [5.41, 5.74) is 2.51. The van der Waals surface area contributed by atoms with Crippen molar-refractivity contribution < 1.29 is 4.79 Å². The number of halogens is 2. The van der Waals surface area contributed by atoms with Crippen LogP contribution in [0.5, 0.6) is 0 Å². The molecule has 0 heterocycles. The molecule has 0 aliphatic rings. The fraction of sp³-hybridized carbons (Fsp3) is 0.188. The Balaban J connectivity index is 2.19. The van der Waals surface area contributed by atoms with E-state index in [1.807, 2.05) is 30.3 Å². The van der Waals surface area contributed by atoms with Crippen LogP contribution in [0.1, 0.15) is 22.8 Å². The Bertz CT molecular complexity index is 624. The van der Waals surface area contributed by atoms with Gasteiger partial charge in [0.25, 0.3) is 5.91 Å². The average Bonchev–Trinajstić information content (AvgIpc) is 2.45. The quantitative estimate of drug-likeness (QED) is 0.756. The van der Waals surface area contributed by atoms with E-state index in [1.54, 1.807) is 12.1 Å². The minimum absolute atomic E-state index is 0.124. The van der Waals surface area contributed by atoms with E-state index in [9.17, 15) is 4.79 Å². The first-order chi connectivity index (χ1) is 10.1. The molecule has 2 aromatic rings. The third kappa shape index (κ3) is 4.66. The van der Waals surface area contributed by atoms with Gasteiger partial charge >= 0.3 is 0 Å². The zero-order chi connectivity index (χ0) is 15.2. The Kier molecular flexibility index (Phi) is 5.96. The molecule has 0 unspecified atom stereocenters. The van der Waals surface area contributed by atoms with Gasteiger partial charge in [-0.25, -0.2) is 0 Å². The lowest BCUT2D eigenvalue weighted by Gasteiger charge is -2.12. The van der Waals surface area contributed by atoms with E-state index >= 15 is 0 Å². The first kappa shape index (κ1) is 16.2. The Morgan fingerprint density at radius 3 is 2.43 bits per heavy atom. The van der Waals surface area contributed by atoms with Crippen molar-refractivity contribution in [3.63, 3.8) is 0 Å². The lowest BCUT2D eigenvalue weighted by Crippen LogP contribution is -2.17. The summed E-state index contributed by atoms with van der Waals surface area (Å²) in [6.45, 7) is 3.68. The molecule has 0 aliphatic heterocycles. The maximum atomic E-state index is 12.4. The molecular formula is C16H16Br2N2O. The number of nitrogens with one attached hydrogen (secondary N) is 2. The monoisotopic (exact) mass is 410 g/mol. The molecule has 0 aromatic heterocycles. The fourth-order valence-electron chi connectivity index (χ4n) is 1.94. The Morgan fingerprint density at radius 2 is 1.76 bits per heavy atom. The van der Waals surface area contributed by atoms with E-state index in [-0.39, 0.29) is 5.91 Å². The van der Waals surface area contributed by atoms with E-state index in [0.717, 1.165) is 33.3 Å². The van der Waals surface area contributed by atoms with Crippen LogP contribution in [0.3, 0.4) is 0 Å². The molecule has 0 aliphatic carbocycles. The summed E-state index contributed by atoms with van der Waals surface area (Å²) in [5, 5.41) is 6.24. The molecule has 0 atom stereocenters. The molecule has 2 N–H and O–H groups in total. The Labute approximate surface area is 141 Å². The highest BCUT2D eigenvalue weighted by Crippen LogP contribution is 2.22. The van der Waals surface area contributed by atoms with Gasteiger partial charge in [0.1, 0.15) is 0 Å². The van der Waals surface area contributed by atoms with Gasteiger partial charge in [-0.2, -0.15) is 0 Å². The molecule has 3 nitrogen and oxygen atoms in total. The van der Waals surface area contributed by atoms with Gasteiger partial charge in [0, 0.05) is 26.7 Å². The molecule has 0 saturated carbocycles. The first-order valence-electron chi connectivity index (χ1n) is 6.66. The highest BCUT2D eigenvalue weighted by molar-refractivity contribution is 9.11. The minimum atomic E-state index is -0.124. The molecule has 2 rings (SSSR count). The van der Waals surface area contributed by atoms with Gasteiger partial charge in [-0.05, 0) is 36.4 Å². The predicted octanol–water partition coefficient (Wildman–Crippen LogP) is 4.57. The highest BCUT2D eigenvalue weighted by atomic mass is 79.9. The van der Waals surface area contributed by atoms with Crippen molar-refractivity contribution in [2.24, 2.45) is 0 Å². The van der Waals surface area contributed by atoms with E-state index in [1.165, 1.54) is 0 Å². The number of hydrogen-bond acceptors (Lipinski definition) is 2. The average molecular weight is 412 g/mol. The lowest BCUT2D eigenvalue weighted by molar-refractivity contribution is 0.102. The molecule has 0 fully saturated rings. The molecule has 0 spiro atoms. The van der Waals surface area contributed by atoms with E-state index in [2.05, 4.69) is 49.4 Å². The van der Waals surface area contributed by atoms with Crippen LogP contribution >= 0.6 is 31.9 Å². The number of carbonyl (C=O) groups excluding carboxylic acids is 1. The number of hydrogen-bond donors (Lipinski definition) is 2. The summed E-state index contributed by atoms with van der Waals surface area (Å²) in [6, 6.07) is 13.3. The van der Waals surface area contributed by atoms with Crippen molar-refractivity contribution in [3.05, 3.63) is 62.5 Å². The van der Waals surface area contributed by atoms with Crippen LogP contribution < -0.4 is 10.6 Å². The van der Waals surface area contributed by atoms with Crippen molar-refractivity contribution in [1.29, 1.82) is 0 Å². The van der Waals surface area contributed by atoms with Crippen molar-refractivity contribution >= 4 is 43.5 Å².